The number of benzene rings is 3. The topological polar surface area (TPSA) is 106 Å². The third-order valence-electron chi connectivity index (χ3n) is 7.75. The van der Waals surface area contributed by atoms with Crippen LogP contribution in [0.15, 0.2) is 78.4 Å². The Balaban J connectivity index is 1.50. The van der Waals surface area contributed by atoms with Crippen molar-refractivity contribution in [3.63, 3.8) is 0 Å². The van der Waals surface area contributed by atoms with E-state index in [0.717, 1.165) is 41.7 Å². The molecule has 1 aliphatic heterocycles. The van der Waals surface area contributed by atoms with Crippen LogP contribution in [0.2, 0.25) is 0 Å². The van der Waals surface area contributed by atoms with Gasteiger partial charge in [-0.15, -0.1) is 0 Å². The Labute approximate surface area is 267 Å². The van der Waals surface area contributed by atoms with Crippen LogP contribution in [0.5, 0.6) is 11.5 Å². The lowest BCUT2D eigenvalue weighted by Crippen LogP contribution is -2.29. The molecule has 0 radical (unpaired) electrons. The zero-order valence-electron chi connectivity index (χ0n) is 25.8. The smallest absolute Gasteiger partial charge is 0.301 e. The number of aryl methyl sites for hydroxylation is 2. The van der Waals surface area contributed by atoms with Crippen molar-refractivity contribution in [2.45, 2.75) is 59.6 Å². The summed E-state index contributed by atoms with van der Waals surface area (Å²) in [6.45, 7) is 8.25. The lowest BCUT2D eigenvalue weighted by Gasteiger charge is -2.23. The number of aliphatic hydroxyl groups excluding tert-OH is 1. The third kappa shape index (κ3) is 6.83. The molecule has 0 spiro atoms. The summed E-state index contributed by atoms with van der Waals surface area (Å²) in [5.74, 6) is -0.906. The van der Waals surface area contributed by atoms with Crippen LogP contribution in [0, 0.1) is 13.8 Å². The molecule has 1 aliphatic rings. The van der Waals surface area contributed by atoms with Crippen LogP contribution in [-0.4, -0.2) is 34.2 Å². The summed E-state index contributed by atoms with van der Waals surface area (Å²) < 4.78 is 11.8. The van der Waals surface area contributed by atoms with Gasteiger partial charge in [0.25, 0.3) is 5.78 Å². The number of hydrogen-bond acceptors (Lipinski definition) is 8. The minimum Gasteiger partial charge on any atom is -0.507 e. The van der Waals surface area contributed by atoms with Crippen molar-refractivity contribution in [3.8, 4) is 11.5 Å². The second kappa shape index (κ2) is 13.9. The van der Waals surface area contributed by atoms with Crippen molar-refractivity contribution in [3.05, 3.63) is 111 Å². The van der Waals surface area contributed by atoms with Gasteiger partial charge in [0, 0.05) is 12.5 Å². The fourth-order valence-corrected chi connectivity index (χ4v) is 6.23. The number of aromatic nitrogens is 1. The van der Waals surface area contributed by atoms with Gasteiger partial charge in [-0.2, -0.15) is 0 Å². The highest BCUT2D eigenvalue weighted by Crippen LogP contribution is 2.44. The second-order valence-electron chi connectivity index (χ2n) is 11.0. The van der Waals surface area contributed by atoms with E-state index >= 15 is 0 Å². The standard InChI is InChI=1S/C36H36N2O6S/c1-5-6-9-20-43-28-16-12-25(13-17-28)31-30(33(41)35(42)38(31)36-37-23(3)34(45-36)24(4)39)32(40)26-14-18-29(19-15-26)44-21-27-11-8-7-10-22(27)2/h7-8,10-19,31,40H,5-6,9,20-21H2,1-4H3/b32-30+. The molecule has 1 fully saturated rings. The summed E-state index contributed by atoms with van der Waals surface area (Å²) >= 11 is 1.05. The number of rotatable bonds is 12. The molecule has 1 aromatic heterocycles. The predicted octanol–water partition coefficient (Wildman–Crippen LogP) is 7.74. The first-order valence-corrected chi connectivity index (χ1v) is 15.8. The van der Waals surface area contributed by atoms with Crippen molar-refractivity contribution < 1.29 is 29.0 Å². The zero-order chi connectivity index (χ0) is 32.1. The maximum absolute atomic E-state index is 13.6. The van der Waals surface area contributed by atoms with E-state index in [1.165, 1.54) is 11.8 Å². The van der Waals surface area contributed by atoms with Crippen LogP contribution in [0.3, 0.4) is 0 Å². The van der Waals surface area contributed by atoms with Gasteiger partial charge in [0.05, 0.1) is 28.8 Å². The van der Waals surface area contributed by atoms with Crippen LogP contribution in [0.4, 0.5) is 5.13 Å². The number of Topliss-reactive ketones (excluding diaryl/α,β-unsaturated/α-hetero) is 2. The Bertz CT molecular complexity index is 1740. The maximum Gasteiger partial charge on any atom is 0.301 e. The Morgan fingerprint density at radius 3 is 2.24 bits per heavy atom. The number of hydrogen-bond donors (Lipinski definition) is 1. The highest BCUT2D eigenvalue weighted by molar-refractivity contribution is 7.18. The summed E-state index contributed by atoms with van der Waals surface area (Å²) in [7, 11) is 0. The molecular weight excluding hydrogens is 588 g/mol. The largest absolute Gasteiger partial charge is 0.507 e. The van der Waals surface area contributed by atoms with E-state index < -0.39 is 17.7 Å². The van der Waals surface area contributed by atoms with E-state index in [2.05, 4.69) is 11.9 Å². The lowest BCUT2D eigenvalue weighted by molar-refractivity contribution is -0.132. The Hall–Kier alpha value is -4.76. The molecule has 1 unspecified atom stereocenters. The van der Waals surface area contributed by atoms with Gasteiger partial charge in [0.2, 0.25) is 0 Å². The van der Waals surface area contributed by atoms with Crippen LogP contribution in [0.1, 0.15) is 76.8 Å². The van der Waals surface area contributed by atoms with Gasteiger partial charge in [0.15, 0.2) is 10.9 Å². The van der Waals surface area contributed by atoms with Crippen molar-refractivity contribution in [2.24, 2.45) is 0 Å². The first-order valence-electron chi connectivity index (χ1n) is 15.0. The Morgan fingerprint density at radius 2 is 1.60 bits per heavy atom. The van der Waals surface area contributed by atoms with Crippen molar-refractivity contribution >= 4 is 39.7 Å². The minimum absolute atomic E-state index is 0.0672. The fourth-order valence-electron chi connectivity index (χ4n) is 5.24. The van der Waals surface area contributed by atoms with Gasteiger partial charge in [-0.25, -0.2) is 4.98 Å². The number of anilines is 1. The Morgan fingerprint density at radius 1 is 0.933 bits per heavy atom. The summed E-state index contributed by atoms with van der Waals surface area (Å²) in [5.41, 5.74) is 3.54. The normalized spacial score (nSPS) is 15.8. The number of thiazole rings is 1. The average molecular weight is 625 g/mol. The van der Waals surface area contributed by atoms with Crippen molar-refractivity contribution in [2.75, 3.05) is 11.5 Å². The molecule has 2 heterocycles. The number of unbranched alkanes of at least 4 members (excludes halogenated alkanes) is 2. The van der Waals surface area contributed by atoms with Gasteiger partial charge in [0.1, 0.15) is 23.9 Å². The Kier molecular flexibility index (Phi) is 9.78. The molecule has 1 atom stereocenters. The van der Waals surface area contributed by atoms with Gasteiger partial charge < -0.3 is 14.6 Å². The molecule has 0 aliphatic carbocycles. The van der Waals surface area contributed by atoms with Gasteiger partial charge >= 0.3 is 5.91 Å². The number of amides is 1. The zero-order valence-corrected chi connectivity index (χ0v) is 26.6. The summed E-state index contributed by atoms with van der Waals surface area (Å²) in [5, 5.41) is 11.8. The van der Waals surface area contributed by atoms with Crippen LogP contribution >= 0.6 is 11.3 Å². The summed E-state index contributed by atoms with van der Waals surface area (Å²) in [4.78, 5) is 45.5. The monoisotopic (exact) mass is 624 g/mol. The molecule has 1 amide bonds. The molecule has 3 aromatic carbocycles. The molecule has 9 heteroatoms. The molecule has 1 N–H and O–H groups in total. The van der Waals surface area contributed by atoms with E-state index in [1.54, 1.807) is 55.5 Å². The maximum atomic E-state index is 13.6. The van der Waals surface area contributed by atoms with E-state index in [9.17, 15) is 19.5 Å². The molecule has 5 rings (SSSR count). The number of nitrogens with zero attached hydrogens (tertiary/aromatic N) is 2. The highest BCUT2D eigenvalue weighted by atomic mass is 32.1. The lowest BCUT2D eigenvalue weighted by atomic mass is 9.95. The fraction of sp³-hybridized carbons (Fsp3) is 0.278. The molecular formula is C36H36N2O6S. The molecule has 1 saturated heterocycles. The molecule has 0 saturated carbocycles. The van der Waals surface area contributed by atoms with E-state index in [-0.39, 0.29) is 22.2 Å². The molecule has 45 heavy (non-hydrogen) atoms. The van der Waals surface area contributed by atoms with Crippen LogP contribution < -0.4 is 14.4 Å². The van der Waals surface area contributed by atoms with Crippen molar-refractivity contribution in [1.82, 2.24) is 4.98 Å². The van der Waals surface area contributed by atoms with Gasteiger partial charge in [-0.3, -0.25) is 19.3 Å². The van der Waals surface area contributed by atoms with Crippen LogP contribution in [-0.2, 0) is 16.2 Å². The molecule has 8 nitrogen and oxygen atoms in total. The van der Waals surface area contributed by atoms with E-state index in [1.807, 2.05) is 31.2 Å². The van der Waals surface area contributed by atoms with Crippen molar-refractivity contribution in [1.29, 1.82) is 0 Å². The second-order valence-corrected chi connectivity index (χ2v) is 12.0. The molecule has 0 bridgehead atoms. The summed E-state index contributed by atoms with van der Waals surface area (Å²) in [6, 6.07) is 20.9. The summed E-state index contributed by atoms with van der Waals surface area (Å²) in [6.07, 6.45) is 3.10. The highest BCUT2D eigenvalue weighted by Gasteiger charge is 2.48. The predicted molar refractivity (Wildman–Crippen MR) is 175 cm³/mol. The van der Waals surface area contributed by atoms with E-state index in [0.29, 0.717) is 46.4 Å². The number of ether oxygens (including phenoxy) is 2. The van der Waals surface area contributed by atoms with Gasteiger partial charge in [-0.1, -0.05) is 67.5 Å². The molecule has 4 aromatic rings. The third-order valence-corrected chi connectivity index (χ3v) is 9.01. The molecule has 232 valence electrons. The average Bonchev–Trinajstić information content (AvgIpc) is 3.55. The number of carbonyl (C=O) groups excluding carboxylic acids is 3. The number of ketones is 2. The van der Waals surface area contributed by atoms with Gasteiger partial charge in [-0.05, 0) is 73.4 Å². The first kappa shape index (κ1) is 31.7. The minimum atomic E-state index is -0.971. The quantitative estimate of drug-likeness (QED) is 0.0565. The number of aliphatic hydroxyl groups is 1. The SMILES string of the molecule is CCCCCOc1ccc(C2/C(=C(\O)c3ccc(OCc4ccccc4C)cc3)C(=O)C(=O)N2c2nc(C)c(C(C)=O)s2)cc1. The first-order chi connectivity index (χ1) is 21.7. The van der Waals surface area contributed by atoms with Crippen LogP contribution in [0.25, 0.3) is 5.76 Å². The number of carbonyl (C=O) groups is 3. The van der Waals surface area contributed by atoms with E-state index in [4.69, 9.17) is 9.47 Å².